The number of nitrogens with one attached hydrogen (secondary N) is 2. The SMILES string of the molecule is COc1ccc(OC2=C(F)C(Cl)(OC)C(Cl)=CC2C(=O)Nc2cc[nH]c(=O)c2)cc1F. The van der Waals surface area contributed by atoms with E-state index in [0.717, 1.165) is 25.3 Å². The summed E-state index contributed by atoms with van der Waals surface area (Å²) in [7, 11) is 2.40. The molecule has 1 aromatic heterocycles. The second-order valence-electron chi connectivity index (χ2n) is 6.30. The first-order chi connectivity index (χ1) is 14.7. The predicted octanol–water partition coefficient (Wildman–Crippen LogP) is 4.06. The van der Waals surface area contributed by atoms with Crippen molar-refractivity contribution in [3.8, 4) is 11.5 Å². The average Bonchev–Trinajstić information content (AvgIpc) is 2.74. The number of H-pyrrole nitrogens is 1. The quantitative estimate of drug-likeness (QED) is 0.618. The predicted molar refractivity (Wildman–Crippen MR) is 110 cm³/mol. The Labute approximate surface area is 185 Å². The van der Waals surface area contributed by atoms with Gasteiger partial charge in [-0.15, -0.1) is 0 Å². The van der Waals surface area contributed by atoms with Crippen LogP contribution in [-0.2, 0) is 9.53 Å². The lowest BCUT2D eigenvalue weighted by atomic mass is 9.96. The Kier molecular flexibility index (Phi) is 6.68. The highest BCUT2D eigenvalue weighted by atomic mass is 35.5. The molecule has 0 spiro atoms. The summed E-state index contributed by atoms with van der Waals surface area (Å²) in [6.07, 6.45) is 2.46. The Balaban J connectivity index is 2.00. The number of halogens is 4. The fourth-order valence-electron chi connectivity index (χ4n) is 2.80. The minimum absolute atomic E-state index is 0.0550. The molecule has 1 aliphatic carbocycles. The van der Waals surface area contributed by atoms with Crippen LogP contribution in [0.3, 0.4) is 0 Å². The van der Waals surface area contributed by atoms with Crippen LogP contribution < -0.4 is 20.3 Å². The normalized spacial score (nSPS) is 20.8. The van der Waals surface area contributed by atoms with Gasteiger partial charge < -0.3 is 24.5 Å². The van der Waals surface area contributed by atoms with Crippen molar-refractivity contribution in [2.24, 2.45) is 5.92 Å². The molecule has 1 aliphatic rings. The summed E-state index contributed by atoms with van der Waals surface area (Å²) in [4.78, 5) is 26.7. The van der Waals surface area contributed by atoms with Crippen LogP contribution in [0.25, 0.3) is 0 Å². The Morgan fingerprint density at radius 3 is 2.58 bits per heavy atom. The first-order valence-corrected chi connectivity index (χ1v) is 9.48. The molecule has 0 saturated heterocycles. The Bertz CT molecular complexity index is 1130. The maximum Gasteiger partial charge on any atom is 0.249 e. The third-order valence-electron chi connectivity index (χ3n) is 4.36. The van der Waals surface area contributed by atoms with Gasteiger partial charge in [-0.25, -0.2) is 8.78 Å². The number of benzene rings is 1. The van der Waals surface area contributed by atoms with E-state index in [0.29, 0.717) is 0 Å². The van der Waals surface area contributed by atoms with Crippen LogP contribution in [0.5, 0.6) is 11.5 Å². The van der Waals surface area contributed by atoms with Crippen LogP contribution in [-0.4, -0.2) is 30.2 Å². The van der Waals surface area contributed by atoms with Crippen molar-refractivity contribution in [2.75, 3.05) is 19.5 Å². The number of anilines is 1. The molecular formula is C20H16Cl2F2N2O5. The molecule has 31 heavy (non-hydrogen) atoms. The number of amides is 1. The van der Waals surface area contributed by atoms with E-state index in [2.05, 4.69) is 10.3 Å². The zero-order valence-corrected chi connectivity index (χ0v) is 17.7. The molecule has 0 fully saturated rings. The van der Waals surface area contributed by atoms with Crippen LogP contribution >= 0.6 is 23.2 Å². The van der Waals surface area contributed by atoms with Crippen molar-refractivity contribution < 1.29 is 27.8 Å². The highest BCUT2D eigenvalue weighted by Gasteiger charge is 2.47. The number of rotatable bonds is 6. The van der Waals surface area contributed by atoms with E-state index in [9.17, 15) is 14.0 Å². The molecule has 2 unspecified atom stereocenters. The molecule has 0 bridgehead atoms. The Hall–Kier alpha value is -2.88. The van der Waals surface area contributed by atoms with Crippen molar-refractivity contribution in [1.29, 1.82) is 0 Å². The highest BCUT2D eigenvalue weighted by Crippen LogP contribution is 2.45. The molecule has 1 heterocycles. The van der Waals surface area contributed by atoms with Crippen LogP contribution in [0, 0.1) is 11.7 Å². The molecule has 11 heteroatoms. The number of pyridine rings is 1. The maximum absolute atomic E-state index is 15.3. The average molecular weight is 473 g/mol. The maximum atomic E-state index is 15.3. The molecule has 7 nitrogen and oxygen atoms in total. The zero-order chi connectivity index (χ0) is 22.8. The number of hydrogen-bond acceptors (Lipinski definition) is 5. The third kappa shape index (κ3) is 4.58. The molecule has 1 aromatic carbocycles. The summed E-state index contributed by atoms with van der Waals surface area (Å²) >= 11 is 12.2. The van der Waals surface area contributed by atoms with E-state index < -0.39 is 39.8 Å². The largest absolute Gasteiger partial charge is 0.494 e. The molecule has 0 saturated carbocycles. The van der Waals surface area contributed by atoms with Crippen molar-refractivity contribution in [3.05, 3.63) is 75.4 Å². The van der Waals surface area contributed by atoms with Gasteiger partial charge in [0.15, 0.2) is 23.2 Å². The fourth-order valence-corrected chi connectivity index (χ4v) is 3.24. The topological polar surface area (TPSA) is 89.7 Å². The number of aromatic nitrogens is 1. The number of ether oxygens (including phenoxy) is 3. The molecule has 2 atom stereocenters. The van der Waals surface area contributed by atoms with E-state index >= 15 is 4.39 Å². The van der Waals surface area contributed by atoms with Gasteiger partial charge in [0.05, 0.1) is 12.1 Å². The van der Waals surface area contributed by atoms with E-state index in [4.69, 9.17) is 37.4 Å². The van der Waals surface area contributed by atoms with Gasteiger partial charge in [0.2, 0.25) is 16.5 Å². The number of carbonyl (C=O) groups is 1. The van der Waals surface area contributed by atoms with Gasteiger partial charge >= 0.3 is 0 Å². The molecule has 0 aliphatic heterocycles. The van der Waals surface area contributed by atoms with Gasteiger partial charge in [0, 0.05) is 31.1 Å². The van der Waals surface area contributed by atoms with Crippen molar-refractivity contribution in [1.82, 2.24) is 4.98 Å². The summed E-state index contributed by atoms with van der Waals surface area (Å²) in [5, 5.41) is -0.0679. The van der Waals surface area contributed by atoms with Crippen LogP contribution in [0.1, 0.15) is 0 Å². The molecular weight excluding hydrogens is 457 g/mol. The molecule has 3 rings (SSSR count). The minimum Gasteiger partial charge on any atom is -0.494 e. The van der Waals surface area contributed by atoms with Crippen LogP contribution in [0.2, 0.25) is 0 Å². The highest BCUT2D eigenvalue weighted by molar-refractivity contribution is 6.40. The molecule has 2 aromatic rings. The van der Waals surface area contributed by atoms with Crippen molar-refractivity contribution in [3.63, 3.8) is 0 Å². The fraction of sp³-hybridized carbons (Fsp3) is 0.200. The standard InChI is InChI=1S/C20H16Cl2F2N2O5/c1-29-14-4-3-11(8-13(14)23)31-17-12(9-15(21)20(22,30-2)18(17)24)19(28)26-10-5-6-25-16(27)7-10/h3-9,12H,1-2H3,(H2,25,26,27,28). The second-order valence-corrected chi connectivity index (χ2v) is 7.24. The van der Waals surface area contributed by atoms with Gasteiger partial charge in [-0.05, 0) is 24.3 Å². The second kappa shape index (κ2) is 9.09. The number of methoxy groups -OCH3 is 2. The summed E-state index contributed by atoms with van der Waals surface area (Å²) in [5.41, 5.74) is -0.302. The summed E-state index contributed by atoms with van der Waals surface area (Å²) < 4.78 is 44.7. The lowest BCUT2D eigenvalue weighted by molar-refractivity contribution is -0.118. The minimum atomic E-state index is -2.22. The lowest BCUT2D eigenvalue weighted by Gasteiger charge is -2.31. The van der Waals surface area contributed by atoms with Gasteiger partial charge in [-0.2, -0.15) is 0 Å². The Morgan fingerprint density at radius 1 is 1.23 bits per heavy atom. The molecule has 1 amide bonds. The first kappa shape index (κ1) is 22.8. The number of aromatic amines is 1. The van der Waals surface area contributed by atoms with Crippen molar-refractivity contribution in [2.45, 2.75) is 5.06 Å². The summed E-state index contributed by atoms with van der Waals surface area (Å²) in [6, 6.07) is 6.09. The zero-order valence-electron chi connectivity index (χ0n) is 16.2. The van der Waals surface area contributed by atoms with Gasteiger partial charge in [0.25, 0.3) is 0 Å². The third-order valence-corrected chi connectivity index (χ3v) is 5.37. The van der Waals surface area contributed by atoms with Crippen LogP contribution in [0.15, 0.2) is 64.0 Å². The van der Waals surface area contributed by atoms with E-state index in [1.807, 2.05) is 0 Å². The van der Waals surface area contributed by atoms with E-state index in [-0.39, 0.29) is 22.2 Å². The van der Waals surface area contributed by atoms with Crippen molar-refractivity contribution >= 4 is 34.8 Å². The summed E-state index contributed by atoms with van der Waals surface area (Å²) in [6.45, 7) is 0. The number of hydrogen-bond donors (Lipinski definition) is 2. The van der Waals surface area contributed by atoms with Gasteiger partial charge in [0.1, 0.15) is 11.7 Å². The van der Waals surface area contributed by atoms with E-state index in [1.54, 1.807) is 0 Å². The first-order valence-electron chi connectivity index (χ1n) is 8.72. The van der Waals surface area contributed by atoms with Gasteiger partial charge in [-0.1, -0.05) is 23.2 Å². The smallest absolute Gasteiger partial charge is 0.249 e. The monoisotopic (exact) mass is 472 g/mol. The van der Waals surface area contributed by atoms with Crippen LogP contribution in [0.4, 0.5) is 14.5 Å². The summed E-state index contributed by atoms with van der Waals surface area (Å²) in [5.74, 6) is -4.88. The number of carbonyl (C=O) groups excluding carboxylic acids is 1. The van der Waals surface area contributed by atoms with E-state index in [1.165, 1.54) is 31.5 Å². The number of alkyl halides is 1. The molecule has 164 valence electrons. The molecule has 2 N–H and O–H groups in total. The molecule has 0 radical (unpaired) electrons. The lowest BCUT2D eigenvalue weighted by Crippen LogP contribution is -2.37. The van der Waals surface area contributed by atoms with Gasteiger partial charge in [-0.3, -0.25) is 9.59 Å². The Morgan fingerprint density at radius 2 is 1.97 bits per heavy atom.